The van der Waals surface area contributed by atoms with Gasteiger partial charge in [0.15, 0.2) is 0 Å². The van der Waals surface area contributed by atoms with E-state index in [0.29, 0.717) is 0 Å². The molecule has 0 aliphatic heterocycles. The van der Waals surface area contributed by atoms with Gasteiger partial charge in [-0.2, -0.15) is 0 Å². The van der Waals surface area contributed by atoms with E-state index in [-0.39, 0.29) is 0 Å². The number of rotatable bonds is 15. The van der Waals surface area contributed by atoms with Crippen LogP contribution >= 0.6 is 0 Å². The maximum absolute atomic E-state index is 6.11. The molecule has 2 fully saturated rings. The third kappa shape index (κ3) is 10.0. The molecule has 0 atom stereocenters. The number of benzene rings is 1. The van der Waals surface area contributed by atoms with Crippen molar-refractivity contribution in [2.24, 2.45) is 17.8 Å². The van der Waals surface area contributed by atoms with Crippen LogP contribution in [-0.2, 0) is 0 Å². The standard InChI is InChI=1S/C32H54O/c1-3-5-7-9-12-28-18-20-30(21-19-28)31-22-24-32(25-23-31)33-26-10-13-29-16-14-27(15-17-29)11-8-6-4-2/h22-25,27-30H,3-21,26H2,1-2H3/t27-,28-,29-,30-. The van der Waals surface area contributed by atoms with E-state index >= 15 is 0 Å². The second-order valence-corrected chi connectivity index (χ2v) is 11.5. The molecule has 0 aromatic heterocycles. The molecule has 0 radical (unpaired) electrons. The molecule has 2 aliphatic rings. The van der Waals surface area contributed by atoms with Crippen molar-refractivity contribution in [1.29, 1.82) is 0 Å². The van der Waals surface area contributed by atoms with E-state index in [1.807, 2.05) is 0 Å². The van der Waals surface area contributed by atoms with Crippen molar-refractivity contribution in [3.8, 4) is 5.75 Å². The van der Waals surface area contributed by atoms with Crippen LogP contribution in [0.4, 0.5) is 0 Å². The van der Waals surface area contributed by atoms with Crippen molar-refractivity contribution in [2.75, 3.05) is 6.61 Å². The van der Waals surface area contributed by atoms with E-state index in [2.05, 4.69) is 38.1 Å². The highest BCUT2D eigenvalue weighted by Crippen LogP contribution is 2.38. The van der Waals surface area contributed by atoms with Crippen molar-refractivity contribution in [2.45, 2.75) is 142 Å². The van der Waals surface area contributed by atoms with Gasteiger partial charge in [-0.1, -0.05) is 109 Å². The molecule has 33 heavy (non-hydrogen) atoms. The van der Waals surface area contributed by atoms with Gasteiger partial charge in [0.2, 0.25) is 0 Å². The molecule has 0 saturated heterocycles. The maximum atomic E-state index is 6.11. The summed E-state index contributed by atoms with van der Waals surface area (Å²) in [6.45, 7) is 5.51. The second kappa shape index (κ2) is 15.8. The van der Waals surface area contributed by atoms with Crippen LogP contribution in [0.15, 0.2) is 24.3 Å². The Morgan fingerprint density at radius 2 is 1.06 bits per heavy atom. The fraction of sp³-hybridized carbons (Fsp3) is 0.812. The predicted octanol–water partition coefficient (Wildman–Crippen LogP) is 10.5. The molecule has 1 heteroatoms. The van der Waals surface area contributed by atoms with Crippen molar-refractivity contribution in [3.63, 3.8) is 0 Å². The second-order valence-electron chi connectivity index (χ2n) is 11.5. The first-order valence-electron chi connectivity index (χ1n) is 15.0. The van der Waals surface area contributed by atoms with E-state index in [4.69, 9.17) is 4.74 Å². The predicted molar refractivity (Wildman–Crippen MR) is 144 cm³/mol. The number of hydrogen-bond acceptors (Lipinski definition) is 1. The summed E-state index contributed by atoms with van der Waals surface area (Å²) < 4.78 is 6.11. The molecule has 2 aliphatic carbocycles. The molecule has 0 spiro atoms. The zero-order valence-corrected chi connectivity index (χ0v) is 22.2. The summed E-state index contributed by atoms with van der Waals surface area (Å²) in [7, 11) is 0. The molecule has 1 nitrogen and oxygen atoms in total. The SMILES string of the molecule is CCCCCC[C@H]1CC[C@H](c2ccc(OCCC[C@H]3CC[C@H](CCCCC)CC3)cc2)CC1. The first-order valence-corrected chi connectivity index (χ1v) is 15.0. The van der Waals surface area contributed by atoms with Crippen molar-refractivity contribution < 1.29 is 4.74 Å². The zero-order chi connectivity index (χ0) is 23.1. The van der Waals surface area contributed by atoms with E-state index in [1.165, 1.54) is 122 Å². The lowest BCUT2D eigenvalue weighted by Crippen LogP contribution is -2.15. The average molecular weight is 455 g/mol. The molecule has 1 aromatic rings. The fourth-order valence-corrected chi connectivity index (χ4v) is 6.53. The summed E-state index contributed by atoms with van der Waals surface area (Å²) in [6.07, 6.45) is 27.0. The van der Waals surface area contributed by atoms with Gasteiger partial charge in [0.05, 0.1) is 6.61 Å². The minimum absolute atomic E-state index is 0.781. The zero-order valence-electron chi connectivity index (χ0n) is 22.2. The van der Waals surface area contributed by atoms with Crippen LogP contribution in [0.5, 0.6) is 5.75 Å². The van der Waals surface area contributed by atoms with Crippen molar-refractivity contribution >= 4 is 0 Å². The van der Waals surface area contributed by atoms with Gasteiger partial charge in [-0.05, 0) is 79.9 Å². The average Bonchev–Trinajstić information content (AvgIpc) is 2.86. The highest BCUT2D eigenvalue weighted by atomic mass is 16.5. The minimum Gasteiger partial charge on any atom is -0.494 e. The number of unbranched alkanes of at least 4 members (excludes halogenated alkanes) is 5. The Morgan fingerprint density at radius 1 is 0.576 bits per heavy atom. The van der Waals surface area contributed by atoms with Crippen LogP contribution in [0.2, 0.25) is 0 Å². The van der Waals surface area contributed by atoms with Gasteiger partial charge >= 0.3 is 0 Å². The lowest BCUT2D eigenvalue weighted by molar-refractivity contribution is 0.228. The van der Waals surface area contributed by atoms with Crippen LogP contribution < -0.4 is 4.74 Å². The fourth-order valence-electron chi connectivity index (χ4n) is 6.53. The van der Waals surface area contributed by atoms with Gasteiger partial charge in [0.25, 0.3) is 0 Å². The minimum atomic E-state index is 0.781. The molecular weight excluding hydrogens is 400 g/mol. The molecule has 3 rings (SSSR count). The van der Waals surface area contributed by atoms with E-state index in [0.717, 1.165) is 36.0 Å². The molecular formula is C32H54O. The molecule has 2 saturated carbocycles. The van der Waals surface area contributed by atoms with Gasteiger partial charge in [0.1, 0.15) is 5.75 Å². The van der Waals surface area contributed by atoms with E-state index in [1.54, 1.807) is 5.56 Å². The Hall–Kier alpha value is -0.980. The first kappa shape index (κ1) is 26.6. The number of hydrogen-bond donors (Lipinski definition) is 0. The quantitative estimate of drug-likeness (QED) is 0.239. The smallest absolute Gasteiger partial charge is 0.119 e. The lowest BCUT2D eigenvalue weighted by Gasteiger charge is -2.29. The summed E-state index contributed by atoms with van der Waals surface area (Å²) in [5, 5.41) is 0. The Balaban J connectivity index is 1.25. The Bertz CT molecular complexity index is 589. The Labute approximate surface area is 206 Å². The summed E-state index contributed by atoms with van der Waals surface area (Å²) in [4.78, 5) is 0. The van der Waals surface area contributed by atoms with Gasteiger partial charge in [-0.15, -0.1) is 0 Å². The topological polar surface area (TPSA) is 9.23 Å². The van der Waals surface area contributed by atoms with Crippen LogP contribution in [0.25, 0.3) is 0 Å². The first-order chi connectivity index (χ1) is 16.3. The van der Waals surface area contributed by atoms with Gasteiger partial charge in [0, 0.05) is 0 Å². The molecule has 0 N–H and O–H groups in total. The van der Waals surface area contributed by atoms with Crippen LogP contribution in [0.3, 0.4) is 0 Å². The third-order valence-electron chi connectivity index (χ3n) is 8.87. The summed E-state index contributed by atoms with van der Waals surface area (Å²) in [5.74, 6) is 4.84. The largest absolute Gasteiger partial charge is 0.494 e. The summed E-state index contributed by atoms with van der Waals surface area (Å²) in [6, 6.07) is 9.16. The van der Waals surface area contributed by atoms with Crippen LogP contribution in [0, 0.1) is 17.8 Å². The normalized spacial score (nSPS) is 25.8. The Morgan fingerprint density at radius 3 is 1.64 bits per heavy atom. The maximum Gasteiger partial charge on any atom is 0.119 e. The Kier molecular flexibility index (Phi) is 12.8. The highest BCUT2D eigenvalue weighted by molar-refractivity contribution is 5.29. The molecule has 188 valence electrons. The van der Waals surface area contributed by atoms with Gasteiger partial charge < -0.3 is 4.74 Å². The molecule has 0 amide bonds. The van der Waals surface area contributed by atoms with Crippen molar-refractivity contribution in [1.82, 2.24) is 0 Å². The van der Waals surface area contributed by atoms with Gasteiger partial charge in [-0.25, -0.2) is 0 Å². The van der Waals surface area contributed by atoms with Crippen LogP contribution in [-0.4, -0.2) is 6.61 Å². The van der Waals surface area contributed by atoms with Gasteiger partial charge in [-0.3, -0.25) is 0 Å². The lowest BCUT2D eigenvalue weighted by atomic mass is 9.77. The molecule has 0 unspecified atom stereocenters. The third-order valence-corrected chi connectivity index (χ3v) is 8.87. The molecule has 0 heterocycles. The van der Waals surface area contributed by atoms with E-state index < -0.39 is 0 Å². The molecule has 0 bridgehead atoms. The molecule has 1 aromatic carbocycles. The summed E-state index contributed by atoms with van der Waals surface area (Å²) in [5.41, 5.74) is 1.54. The van der Waals surface area contributed by atoms with Crippen molar-refractivity contribution in [3.05, 3.63) is 29.8 Å². The summed E-state index contributed by atoms with van der Waals surface area (Å²) >= 11 is 0. The highest BCUT2D eigenvalue weighted by Gasteiger charge is 2.22. The van der Waals surface area contributed by atoms with E-state index in [9.17, 15) is 0 Å². The monoisotopic (exact) mass is 454 g/mol. The number of ether oxygens (including phenoxy) is 1. The van der Waals surface area contributed by atoms with Crippen LogP contribution in [0.1, 0.15) is 147 Å².